The molecule has 1 aromatic rings. The zero-order chi connectivity index (χ0) is 18.8. The first-order valence-electron chi connectivity index (χ1n) is 8.50. The highest BCUT2D eigenvalue weighted by atomic mass is 32.1. The second-order valence-electron chi connectivity index (χ2n) is 7.73. The lowest BCUT2D eigenvalue weighted by Crippen LogP contribution is -2.41. The van der Waals surface area contributed by atoms with Crippen LogP contribution in [0.3, 0.4) is 0 Å². The molecule has 6 nitrogen and oxygen atoms in total. The Labute approximate surface area is 151 Å². The molecule has 1 aromatic heterocycles. The predicted molar refractivity (Wildman–Crippen MR) is 96.6 cm³/mol. The molecule has 0 saturated carbocycles. The molecule has 0 aliphatic heterocycles. The Morgan fingerprint density at radius 2 is 2.08 bits per heavy atom. The summed E-state index contributed by atoms with van der Waals surface area (Å²) in [4.78, 5) is 35.9. The van der Waals surface area contributed by atoms with Gasteiger partial charge < -0.3 is 16.2 Å². The number of thiophene rings is 1. The van der Waals surface area contributed by atoms with E-state index >= 15 is 0 Å². The first kappa shape index (κ1) is 19.4. The molecule has 2 rings (SSSR count). The molecule has 0 aromatic carbocycles. The van der Waals surface area contributed by atoms with Crippen molar-refractivity contribution in [3.63, 3.8) is 0 Å². The fourth-order valence-corrected chi connectivity index (χ4v) is 4.38. The van der Waals surface area contributed by atoms with Crippen LogP contribution in [0.4, 0.5) is 0 Å². The molecule has 2 amide bonds. The zero-order valence-corrected chi connectivity index (χ0v) is 15.7. The standard InChI is InChI=1S/C18H26N2O4S/c1-18(2,3)10-4-5-11-12(9-25-14(11)8-10)16(22)20-13(17(23)24)6-7-15(19)21/h9-10,13H,4-8H2,1-3H3,(H2,19,21)(H,20,22)(H,23,24). The third-order valence-electron chi connectivity index (χ3n) is 4.91. The predicted octanol–water partition coefficient (Wildman–Crippen LogP) is 2.35. The van der Waals surface area contributed by atoms with Crippen molar-refractivity contribution in [3.05, 3.63) is 21.4 Å². The van der Waals surface area contributed by atoms with Crippen molar-refractivity contribution in [2.45, 2.75) is 58.9 Å². The molecule has 1 heterocycles. The van der Waals surface area contributed by atoms with Crippen LogP contribution in [0.15, 0.2) is 5.38 Å². The Bertz CT molecular complexity index is 675. The van der Waals surface area contributed by atoms with Crippen molar-refractivity contribution in [2.75, 3.05) is 0 Å². The van der Waals surface area contributed by atoms with Crippen molar-refractivity contribution in [1.29, 1.82) is 0 Å². The summed E-state index contributed by atoms with van der Waals surface area (Å²) in [6.07, 6.45) is 2.74. The number of rotatable bonds is 6. The van der Waals surface area contributed by atoms with Gasteiger partial charge in [-0.15, -0.1) is 11.3 Å². The summed E-state index contributed by atoms with van der Waals surface area (Å²) in [5.41, 5.74) is 6.90. The first-order valence-corrected chi connectivity index (χ1v) is 9.38. The summed E-state index contributed by atoms with van der Waals surface area (Å²) in [5.74, 6) is -1.55. The minimum Gasteiger partial charge on any atom is -0.480 e. The van der Waals surface area contributed by atoms with E-state index in [0.717, 1.165) is 24.8 Å². The lowest BCUT2D eigenvalue weighted by Gasteiger charge is -2.34. The average molecular weight is 366 g/mol. The molecule has 2 atom stereocenters. The van der Waals surface area contributed by atoms with E-state index in [0.29, 0.717) is 11.5 Å². The Morgan fingerprint density at radius 1 is 1.40 bits per heavy atom. The second-order valence-corrected chi connectivity index (χ2v) is 8.69. The van der Waals surface area contributed by atoms with E-state index in [-0.39, 0.29) is 24.2 Å². The number of fused-ring (bicyclic) bond motifs is 1. The molecule has 138 valence electrons. The van der Waals surface area contributed by atoms with Gasteiger partial charge in [0.2, 0.25) is 5.91 Å². The summed E-state index contributed by atoms with van der Waals surface area (Å²) < 4.78 is 0. The third kappa shape index (κ3) is 4.81. The molecule has 2 unspecified atom stereocenters. The van der Waals surface area contributed by atoms with Crippen molar-refractivity contribution >= 4 is 29.1 Å². The summed E-state index contributed by atoms with van der Waals surface area (Å²) in [6.45, 7) is 6.71. The van der Waals surface area contributed by atoms with Gasteiger partial charge in [0.15, 0.2) is 0 Å². The number of primary amides is 1. The molecule has 1 aliphatic carbocycles. The number of hydrogen-bond acceptors (Lipinski definition) is 4. The zero-order valence-electron chi connectivity index (χ0n) is 14.9. The van der Waals surface area contributed by atoms with Gasteiger partial charge in [-0.25, -0.2) is 4.79 Å². The number of carboxylic acids is 1. The fraction of sp³-hybridized carbons (Fsp3) is 0.611. The molecular formula is C18H26N2O4S. The van der Waals surface area contributed by atoms with Gasteiger partial charge in [0.1, 0.15) is 6.04 Å². The normalized spacial score (nSPS) is 18.3. The SMILES string of the molecule is CC(C)(C)C1CCc2c(C(=O)NC(CCC(N)=O)C(=O)O)csc2C1. The van der Waals surface area contributed by atoms with Gasteiger partial charge >= 0.3 is 5.97 Å². The van der Waals surface area contributed by atoms with Crippen LogP contribution in [0.1, 0.15) is 60.8 Å². The molecule has 0 fully saturated rings. The number of aliphatic carboxylic acids is 1. The maximum Gasteiger partial charge on any atom is 0.326 e. The summed E-state index contributed by atoms with van der Waals surface area (Å²) in [5, 5.41) is 13.6. The van der Waals surface area contributed by atoms with Crippen molar-refractivity contribution in [3.8, 4) is 0 Å². The highest BCUT2D eigenvalue weighted by molar-refractivity contribution is 7.10. The summed E-state index contributed by atoms with van der Waals surface area (Å²) in [7, 11) is 0. The average Bonchev–Trinajstić information content (AvgIpc) is 2.93. The number of carbonyl (C=O) groups excluding carboxylic acids is 2. The highest BCUT2D eigenvalue weighted by Crippen LogP contribution is 2.40. The molecule has 0 spiro atoms. The van der Waals surface area contributed by atoms with Crippen molar-refractivity contribution in [1.82, 2.24) is 5.32 Å². The smallest absolute Gasteiger partial charge is 0.326 e. The van der Waals surface area contributed by atoms with E-state index in [1.54, 1.807) is 11.3 Å². The number of amides is 2. The van der Waals surface area contributed by atoms with Gasteiger partial charge in [-0.2, -0.15) is 0 Å². The molecule has 1 aliphatic rings. The Kier molecular flexibility index (Phi) is 5.87. The minimum absolute atomic E-state index is 0.00513. The third-order valence-corrected chi connectivity index (χ3v) is 5.96. The van der Waals surface area contributed by atoms with E-state index < -0.39 is 17.9 Å². The van der Waals surface area contributed by atoms with Gasteiger partial charge in [-0.05, 0) is 42.6 Å². The van der Waals surface area contributed by atoms with E-state index in [2.05, 4.69) is 26.1 Å². The number of nitrogens with two attached hydrogens (primary N) is 1. The van der Waals surface area contributed by atoms with Gasteiger partial charge in [0.05, 0.1) is 5.56 Å². The molecule has 25 heavy (non-hydrogen) atoms. The van der Waals surface area contributed by atoms with Gasteiger partial charge in [-0.1, -0.05) is 20.8 Å². The van der Waals surface area contributed by atoms with E-state index in [9.17, 15) is 19.5 Å². The molecule has 7 heteroatoms. The van der Waals surface area contributed by atoms with Crippen molar-refractivity contribution < 1.29 is 19.5 Å². The lowest BCUT2D eigenvalue weighted by atomic mass is 9.72. The Hall–Kier alpha value is -1.89. The fourth-order valence-electron chi connectivity index (χ4n) is 3.22. The molecule has 0 bridgehead atoms. The molecule has 0 saturated heterocycles. The molecule has 0 radical (unpaired) electrons. The number of nitrogens with one attached hydrogen (secondary N) is 1. The van der Waals surface area contributed by atoms with E-state index in [1.165, 1.54) is 4.88 Å². The maximum atomic E-state index is 12.5. The monoisotopic (exact) mass is 366 g/mol. The minimum atomic E-state index is -1.16. The van der Waals surface area contributed by atoms with Gasteiger partial charge in [-0.3, -0.25) is 9.59 Å². The number of carbonyl (C=O) groups is 3. The number of hydrogen-bond donors (Lipinski definition) is 3. The van der Waals surface area contributed by atoms with Crippen LogP contribution in [-0.2, 0) is 22.4 Å². The van der Waals surface area contributed by atoms with Crippen LogP contribution in [0.25, 0.3) is 0 Å². The topological polar surface area (TPSA) is 109 Å². The van der Waals surface area contributed by atoms with Gasteiger partial charge in [0, 0.05) is 16.7 Å². The van der Waals surface area contributed by atoms with Crippen LogP contribution in [0.2, 0.25) is 0 Å². The van der Waals surface area contributed by atoms with Crippen LogP contribution in [0.5, 0.6) is 0 Å². The van der Waals surface area contributed by atoms with Crippen LogP contribution < -0.4 is 11.1 Å². The largest absolute Gasteiger partial charge is 0.480 e. The second kappa shape index (κ2) is 7.56. The lowest BCUT2D eigenvalue weighted by molar-refractivity contribution is -0.139. The summed E-state index contributed by atoms with van der Waals surface area (Å²) in [6, 6.07) is -1.11. The maximum absolute atomic E-state index is 12.5. The van der Waals surface area contributed by atoms with Crippen LogP contribution in [0, 0.1) is 11.3 Å². The quantitative estimate of drug-likeness (QED) is 0.718. The van der Waals surface area contributed by atoms with Crippen molar-refractivity contribution in [2.24, 2.45) is 17.1 Å². The summed E-state index contributed by atoms with van der Waals surface area (Å²) >= 11 is 1.57. The van der Waals surface area contributed by atoms with Gasteiger partial charge in [0.25, 0.3) is 5.91 Å². The number of carboxylic acid groups (broad SMARTS) is 1. The Morgan fingerprint density at radius 3 is 2.64 bits per heavy atom. The van der Waals surface area contributed by atoms with Crippen LogP contribution >= 0.6 is 11.3 Å². The van der Waals surface area contributed by atoms with Crippen LogP contribution in [-0.4, -0.2) is 28.9 Å². The van der Waals surface area contributed by atoms with E-state index in [1.807, 2.05) is 5.38 Å². The van der Waals surface area contributed by atoms with E-state index in [4.69, 9.17) is 5.73 Å². The Balaban J connectivity index is 2.10. The highest BCUT2D eigenvalue weighted by Gasteiger charge is 2.32. The molecular weight excluding hydrogens is 340 g/mol. The molecule has 4 N–H and O–H groups in total. The first-order chi connectivity index (χ1) is 11.6.